The summed E-state index contributed by atoms with van der Waals surface area (Å²) < 4.78 is 7.33. The number of anilines is 1. The van der Waals surface area contributed by atoms with Gasteiger partial charge in [-0.1, -0.05) is 6.07 Å². The number of hydrogen-bond acceptors (Lipinski definition) is 5. The van der Waals surface area contributed by atoms with Crippen molar-refractivity contribution in [3.63, 3.8) is 0 Å². The minimum absolute atomic E-state index is 0.511. The Bertz CT molecular complexity index is 747. The molecule has 5 nitrogen and oxygen atoms in total. The molecule has 1 aromatic carbocycles. The van der Waals surface area contributed by atoms with Gasteiger partial charge in [0.15, 0.2) is 0 Å². The molecule has 2 heterocycles. The van der Waals surface area contributed by atoms with Crippen LogP contribution in [-0.4, -0.2) is 21.6 Å². The molecule has 0 radical (unpaired) electrons. The van der Waals surface area contributed by atoms with Crippen molar-refractivity contribution in [1.82, 2.24) is 14.5 Å². The Kier molecular flexibility index (Phi) is 3.31. The molecule has 0 spiro atoms. The van der Waals surface area contributed by atoms with Crippen molar-refractivity contribution in [3.8, 4) is 5.75 Å². The number of nitrogen functional groups attached to an aromatic ring is 1. The topological polar surface area (TPSA) is 66.0 Å². The monoisotopic (exact) mass is 288 g/mol. The van der Waals surface area contributed by atoms with Crippen molar-refractivity contribution < 1.29 is 4.74 Å². The first-order chi connectivity index (χ1) is 9.69. The van der Waals surface area contributed by atoms with Crippen LogP contribution in [0.4, 0.5) is 5.95 Å². The van der Waals surface area contributed by atoms with Gasteiger partial charge >= 0.3 is 0 Å². The summed E-state index contributed by atoms with van der Waals surface area (Å²) in [4.78, 5) is 8.87. The first kappa shape index (κ1) is 12.9. The summed E-state index contributed by atoms with van der Waals surface area (Å²) in [7, 11) is 1.64. The van der Waals surface area contributed by atoms with E-state index < -0.39 is 0 Å². The van der Waals surface area contributed by atoms with Crippen molar-refractivity contribution >= 4 is 28.3 Å². The van der Waals surface area contributed by atoms with E-state index in [0.29, 0.717) is 5.95 Å². The van der Waals surface area contributed by atoms with Crippen LogP contribution in [0, 0.1) is 6.92 Å². The standard InChI is InChI=1S/C14H16N4OS/c1-9-16-10(8-20-9)6-7-18-11-4-3-5-12(19-2)13(11)17-14(18)15/h3-5,8H,6-7H2,1-2H3,(H2,15,17). The van der Waals surface area contributed by atoms with E-state index in [9.17, 15) is 0 Å². The minimum atomic E-state index is 0.511. The Morgan fingerprint density at radius 3 is 2.90 bits per heavy atom. The smallest absolute Gasteiger partial charge is 0.201 e. The number of para-hydroxylation sites is 1. The van der Waals surface area contributed by atoms with E-state index in [1.54, 1.807) is 18.4 Å². The number of methoxy groups -OCH3 is 1. The number of aryl methyl sites for hydroxylation is 3. The number of imidazole rings is 1. The van der Waals surface area contributed by atoms with Gasteiger partial charge < -0.3 is 15.0 Å². The van der Waals surface area contributed by atoms with Gasteiger partial charge in [0.05, 0.1) is 23.3 Å². The maximum Gasteiger partial charge on any atom is 0.201 e. The number of rotatable bonds is 4. The molecule has 0 amide bonds. The van der Waals surface area contributed by atoms with E-state index in [4.69, 9.17) is 10.5 Å². The van der Waals surface area contributed by atoms with Gasteiger partial charge in [-0.2, -0.15) is 0 Å². The van der Waals surface area contributed by atoms with Crippen LogP contribution >= 0.6 is 11.3 Å². The molecule has 0 aliphatic rings. The number of ether oxygens (including phenoxy) is 1. The fourth-order valence-electron chi connectivity index (χ4n) is 2.29. The van der Waals surface area contributed by atoms with E-state index in [0.717, 1.165) is 40.5 Å². The molecule has 3 rings (SSSR count). The Morgan fingerprint density at radius 2 is 2.20 bits per heavy atom. The second-order valence-corrected chi connectivity index (χ2v) is 5.62. The summed E-state index contributed by atoms with van der Waals surface area (Å²) in [5.41, 5.74) is 8.92. The van der Waals surface area contributed by atoms with Gasteiger partial charge in [-0.05, 0) is 19.1 Å². The quantitative estimate of drug-likeness (QED) is 0.801. The van der Waals surface area contributed by atoms with Crippen molar-refractivity contribution in [2.75, 3.05) is 12.8 Å². The maximum absolute atomic E-state index is 6.02. The number of hydrogen-bond donors (Lipinski definition) is 1. The van der Waals surface area contributed by atoms with Crippen LogP contribution < -0.4 is 10.5 Å². The van der Waals surface area contributed by atoms with Gasteiger partial charge in [0.1, 0.15) is 11.3 Å². The fraction of sp³-hybridized carbons (Fsp3) is 0.286. The van der Waals surface area contributed by atoms with Crippen LogP contribution in [-0.2, 0) is 13.0 Å². The first-order valence-electron chi connectivity index (χ1n) is 6.38. The van der Waals surface area contributed by atoms with Crippen LogP contribution in [0.5, 0.6) is 5.75 Å². The third kappa shape index (κ3) is 2.22. The molecule has 2 aromatic heterocycles. The molecule has 20 heavy (non-hydrogen) atoms. The molecular weight excluding hydrogens is 272 g/mol. The molecule has 0 aliphatic carbocycles. The zero-order chi connectivity index (χ0) is 14.1. The van der Waals surface area contributed by atoms with Gasteiger partial charge in [-0.15, -0.1) is 11.3 Å². The van der Waals surface area contributed by atoms with E-state index in [2.05, 4.69) is 15.3 Å². The van der Waals surface area contributed by atoms with Crippen LogP contribution in [0.2, 0.25) is 0 Å². The molecule has 3 aromatic rings. The number of nitrogens with zero attached hydrogens (tertiary/aromatic N) is 3. The first-order valence-corrected chi connectivity index (χ1v) is 7.26. The predicted octanol–water partition coefficient (Wildman–Crippen LogP) is 2.63. The van der Waals surface area contributed by atoms with Crippen molar-refractivity contribution in [1.29, 1.82) is 0 Å². The Labute approximate surface area is 121 Å². The average Bonchev–Trinajstić information content (AvgIpc) is 2.99. The largest absolute Gasteiger partial charge is 0.494 e. The maximum atomic E-state index is 6.02. The number of aromatic nitrogens is 3. The van der Waals surface area contributed by atoms with Gasteiger partial charge in [0, 0.05) is 18.3 Å². The second kappa shape index (κ2) is 5.13. The van der Waals surface area contributed by atoms with Crippen molar-refractivity contribution in [3.05, 3.63) is 34.3 Å². The number of fused-ring (bicyclic) bond motifs is 1. The highest BCUT2D eigenvalue weighted by molar-refractivity contribution is 7.09. The molecule has 2 N–H and O–H groups in total. The lowest BCUT2D eigenvalue weighted by atomic mass is 10.3. The highest BCUT2D eigenvalue weighted by Crippen LogP contribution is 2.27. The van der Waals surface area contributed by atoms with E-state index in [1.807, 2.05) is 29.7 Å². The zero-order valence-electron chi connectivity index (χ0n) is 11.5. The van der Waals surface area contributed by atoms with E-state index in [1.165, 1.54) is 0 Å². The Balaban J connectivity index is 1.93. The Morgan fingerprint density at radius 1 is 1.35 bits per heavy atom. The van der Waals surface area contributed by atoms with Crippen LogP contribution in [0.15, 0.2) is 23.6 Å². The van der Waals surface area contributed by atoms with Gasteiger partial charge in [-0.25, -0.2) is 9.97 Å². The lowest BCUT2D eigenvalue weighted by Crippen LogP contribution is -2.05. The molecule has 0 fully saturated rings. The minimum Gasteiger partial charge on any atom is -0.494 e. The highest BCUT2D eigenvalue weighted by atomic mass is 32.1. The normalized spacial score (nSPS) is 11.1. The summed E-state index contributed by atoms with van der Waals surface area (Å²) in [5.74, 6) is 1.26. The van der Waals surface area contributed by atoms with Crippen molar-refractivity contribution in [2.24, 2.45) is 0 Å². The van der Waals surface area contributed by atoms with Crippen LogP contribution in [0.1, 0.15) is 10.7 Å². The summed E-state index contributed by atoms with van der Waals surface area (Å²) in [6.07, 6.45) is 0.844. The highest BCUT2D eigenvalue weighted by Gasteiger charge is 2.12. The molecule has 0 atom stereocenters. The van der Waals surface area contributed by atoms with E-state index in [-0.39, 0.29) is 0 Å². The van der Waals surface area contributed by atoms with Crippen LogP contribution in [0.3, 0.4) is 0 Å². The molecule has 6 heteroatoms. The molecule has 0 bridgehead atoms. The molecule has 0 unspecified atom stereocenters. The number of thiazole rings is 1. The van der Waals surface area contributed by atoms with Gasteiger partial charge in [0.25, 0.3) is 0 Å². The summed E-state index contributed by atoms with van der Waals surface area (Å²) in [5, 5.41) is 3.18. The fourth-order valence-corrected chi connectivity index (χ4v) is 2.94. The summed E-state index contributed by atoms with van der Waals surface area (Å²) >= 11 is 1.67. The molecule has 0 aliphatic heterocycles. The summed E-state index contributed by atoms with van der Waals surface area (Å²) in [6.45, 7) is 2.78. The summed E-state index contributed by atoms with van der Waals surface area (Å²) in [6, 6.07) is 5.85. The lowest BCUT2D eigenvalue weighted by molar-refractivity contribution is 0.419. The van der Waals surface area contributed by atoms with Crippen LogP contribution in [0.25, 0.3) is 11.0 Å². The van der Waals surface area contributed by atoms with Crippen molar-refractivity contribution in [2.45, 2.75) is 19.9 Å². The number of nitrogens with two attached hydrogens (primary N) is 1. The SMILES string of the molecule is COc1cccc2c1nc(N)n2CCc1csc(C)n1. The van der Waals surface area contributed by atoms with E-state index >= 15 is 0 Å². The zero-order valence-corrected chi connectivity index (χ0v) is 12.3. The van der Waals surface area contributed by atoms with Gasteiger partial charge in [0.2, 0.25) is 5.95 Å². The Hall–Kier alpha value is -2.08. The molecular formula is C14H16N4OS. The molecule has 104 valence electrons. The molecule has 0 saturated carbocycles. The third-order valence-electron chi connectivity index (χ3n) is 3.25. The lowest BCUT2D eigenvalue weighted by Gasteiger charge is -2.05. The predicted molar refractivity (Wildman–Crippen MR) is 81.3 cm³/mol. The third-order valence-corrected chi connectivity index (χ3v) is 4.07. The second-order valence-electron chi connectivity index (χ2n) is 4.56. The van der Waals surface area contributed by atoms with Gasteiger partial charge in [-0.3, -0.25) is 0 Å². The average molecular weight is 288 g/mol. The number of benzene rings is 1. The molecule has 0 saturated heterocycles.